The summed E-state index contributed by atoms with van der Waals surface area (Å²) >= 11 is 0. The fraction of sp³-hybridized carbons (Fsp3) is 0.333. The molecule has 2 aromatic rings. The van der Waals surface area contributed by atoms with E-state index in [1.54, 1.807) is 6.07 Å². The Labute approximate surface area is 153 Å². The van der Waals surface area contributed by atoms with Crippen molar-refractivity contribution in [2.45, 2.75) is 17.6 Å². The Hall–Kier alpha value is -2.06. The van der Waals surface area contributed by atoms with Gasteiger partial charge >= 0.3 is 0 Å². The predicted molar refractivity (Wildman–Crippen MR) is 98.7 cm³/mol. The maximum atomic E-state index is 12.3. The van der Waals surface area contributed by atoms with Gasteiger partial charge in [-0.1, -0.05) is 36.4 Å². The van der Waals surface area contributed by atoms with Crippen molar-refractivity contribution in [3.8, 4) is 11.5 Å². The fourth-order valence-electron chi connectivity index (χ4n) is 3.00. The first-order chi connectivity index (χ1) is 12.3. The number of hydrogen-bond donors (Lipinski definition) is 0. The lowest BCUT2D eigenvalue weighted by Crippen LogP contribution is -2.32. The third-order valence-electron chi connectivity index (χ3n) is 4.21. The monoisotopic (exact) mass is 396 g/mol. The number of methoxy groups -OCH3 is 1. The molecule has 0 unspecified atom stereocenters. The summed E-state index contributed by atoms with van der Waals surface area (Å²) in [6, 6.07) is 14.0. The first-order valence-electron chi connectivity index (χ1n) is 8.11. The van der Waals surface area contributed by atoms with Crippen LogP contribution in [0.2, 0.25) is 0 Å². The average molecular weight is 396 g/mol. The van der Waals surface area contributed by atoms with E-state index < -0.39 is 24.3 Å². The van der Waals surface area contributed by atoms with Crippen molar-refractivity contribution in [3.63, 3.8) is 0 Å². The molecule has 1 aliphatic heterocycles. The van der Waals surface area contributed by atoms with Gasteiger partial charge in [0.1, 0.15) is 6.61 Å². The molecule has 26 heavy (non-hydrogen) atoms. The van der Waals surface area contributed by atoms with Gasteiger partial charge in [0, 0.05) is 0 Å². The van der Waals surface area contributed by atoms with Gasteiger partial charge in [-0.2, -0.15) is 0 Å². The van der Waals surface area contributed by atoms with E-state index >= 15 is 0 Å². The normalized spacial score (nSPS) is 19.0. The van der Waals surface area contributed by atoms with E-state index in [9.17, 15) is 16.8 Å². The first kappa shape index (κ1) is 18.7. The first-order valence-corrected chi connectivity index (χ1v) is 11.5. The molecule has 0 radical (unpaired) electrons. The number of hydrogen-bond acceptors (Lipinski definition) is 6. The Bertz CT molecular complexity index is 948. The molecule has 0 N–H and O–H groups in total. The second-order valence-corrected chi connectivity index (χ2v) is 10.8. The van der Waals surface area contributed by atoms with E-state index in [1.165, 1.54) is 19.2 Å². The van der Waals surface area contributed by atoms with Gasteiger partial charge in [-0.3, -0.25) is 0 Å². The van der Waals surface area contributed by atoms with E-state index in [4.69, 9.17) is 9.47 Å². The molecule has 1 saturated heterocycles. The van der Waals surface area contributed by atoms with Crippen LogP contribution < -0.4 is 9.47 Å². The number of rotatable bonds is 5. The fourth-order valence-corrected chi connectivity index (χ4v) is 8.19. The molecule has 0 bridgehead atoms. The Kier molecular flexibility index (Phi) is 5.24. The van der Waals surface area contributed by atoms with Crippen LogP contribution in [0.5, 0.6) is 11.5 Å². The molecule has 8 heteroatoms. The minimum absolute atomic E-state index is 0.133. The highest BCUT2D eigenvalue weighted by Gasteiger charge is 2.42. The molecule has 0 amide bonds. The van der Waals surface area contributed by atoms with Gasteiger partial charge in [0.05, 0.1) is 18.6 Å². The molecule has 1 fully saturated rings. The highest BCUT2D eigenvalue weighted by Crippen LogP contribution is 2.38. The largest absolute Gasteiger partial charge is 0.493 e. The summed E-state index contributed by atoms with van der Waals surface area (Å²) < 4.78 is 58.9. The average Bonchev–Trinajstić information content (AvgIpc) is 2.59. The van der Waals surface area contributed by atoms with Crippen molar-refractivity contribution in [1.82, 2.24) is 0 Å². The second-order valence-electron chi connectivity index (χ2n) is 6.10. The zero-order chi connectivity index (χ0) is 18.8. The van der Waals surface area contributed by atoms with Gasteiger partial charge in [0.25, 0.3) is 0 Å². The topological polar surface area (TPSA) is 86.7 Å². The van der Waals surface area contributed by atoms with Crippen molar-refractivity contribution in [2.24, 2.45) is 0 Å². The van der Waals surface area contributed by atoms with Crippen molar-refractivity contribution < 1.29 is 26.3 Å². The molecule has 3 rings (SSSR count). The number of ether oxygens (including phenoxy) is 2. The van der Waals surface area contributed by atoms with Crippen LogP contribution >= 0.6 is 0 Å². The molecule has 0 aliphatic carbocycles. The Morgan fingerprint density at radius 3 is 2.19 bits per heavy atom. The van der Waals surface area contributed by atoms with Crippen molar-refractivity contribution in [1.29, 1.82) is 0 Å². The standard InChI is InChI=1S/C18H20O6S2/c1-23-17-12-15(18-25(19,20)10-5-11-26(18,21)22)8-9-16(17)24-13-14-6-3-2-4-7-14/h2-4,6-9,12,18H,5,10-11,13H2,1H3. The van der Waals surface area contributed by atoms with Crippen LogP contribution in [-0.2, 0) is 26.3 Å². The quantitative estimate of drug-likeness (QED) is 0.772. The summed E-state index contributed by atoms with van der Waals surface area (Å²) in [5.41, 5.74) is 1.16. The highest BCUT2D eigenvalue weighted by molar-refractivity contribution is 8.09. The molecular formula is C18H20O6S2. The summed E-state index contributed by atoms with van der Waals surface area (Å²) in [5, 5.41) is 0. The predicted octanol–water partition coefficient (Wildman–Crippen LogP) is 2.51. The Morgan fingerprint density at radius 1 is 0.923 bits per heavy atom. The number of benzene rings is 2. The molecule has 6 nitrogen and oxygen atoms in total. The van der Waals surface area contributed by atoms with Crippen LogP contribution in [0.15, 0.2) is 48.5 Å². The van der Waals surface area contributed by atoms with Gasteiger partial charge in [0.2, 0.25) is 0 Å². The van der Waals surface area contributed by atoms with E-state index in [1.807, 2.05) is 30.3 Å². The molecule has 0 aromatic heterocycles. The second kappa shape index (κ2) is 7.28. The molecular weight excluding hydrogens is 376 g/mol. The SMILES string of the molecule is COc1cc(C2S(=O)(=O)CCCS2(=O)=O)ccc1OCc1ccccc1. The van der Waals surface area contributed by atoms with Crippen LogP contribution in [-0.4, -0.2) is 35.5 Å². The zero-order valence-electron chi connectivity index (χ0n) is 14.3. The van der Waals surface area contributed by atoms with E-state index in [-0.39, 0.29) is 23.5 Å². The molecule has 140 valence electrons. The van der Waals surface area contributed by atoms with Gasteiger partial charge < -0.3 is 9.47 Å². The van der Waals surface area contributed by atoms with Gasteiger partial charge in [-0.15, -0.1) is 0 Å². The van der Waals surface area contributed by atoms with Crippen molar-refractivity contribution in [3.05, 3.63) is 59.7 Å². The summed E-state index contributed by atoms with van der Waals surface area (Å²) in [7, 11) is -6.09. The summed E-state index contributed by atoms with van der Waals surface area (Å²) in [6.45, 7) is 0.316. The minimum Gasteiger partial charge on any atom is -0.493 e. The molecule has 1 heterocycles. The lowest BCUT2D eigenvalue weighted by Gasteiger charge is -2.23. The van der Waals surface area contributed by atoms with Crippen LogP contribution in [0.4, 0.5) is 0 Å². The van der Waals surface area contributed by atoms with Crippen LogP contribution in [0.3, 0.4) is 0 Å². The van der Waals surface area contributed by atoms with Crippen molar-refractivity contribution >= 4 is 19.7 Å². The number of sulfone groups is 2. The summed E-state index contributed by atoms with van der Waals surface area (Å²) in [5.74, 6) is 0.455. The van der Waals surface area contributed by atoms with Gasteiger partial charge in [0.15, 0.2) is 35.8 Å². The van der Waals surface area contributed by atoms with E-state index in [2.05, 4.69) is 0 Å². The lowest BCUT2D eigenvalue weighted by atomic mass is 10.2. The smallest absolute Gasteiger partial charge is 0.187 e. The van der Waals surface area contributed by atoms with E-state index in [0.29, 0.717) is 18.1 Å². The van der Waals surface area contributed by atoms with E-state index in [0.717, 1.165) is 5.56 Å². The summed E-state index contributed by atoms with van der Waals surface area (Å²) in [6.07, 6.45) is 0.135. The molecule has 0 atom stereocenters. The molecule has 2 aromatic carbocycles. The maximum Gasteiger partial charge on any atom is 0.187 e. The third-order valence-corrected chi connectivity index (χ3v) is 9.53. The van der Waals surface area contributed by atoms with Crippen LogP contribution in [0.25, 0.3) is 0 Å². The Balaban J connectivity index is 1.91. The Morgan fingerprint density at radius 2 is 1.58 bits per heavy atom. The highest BCUT2D eigenvalue weighted by atomic mass is 32.3. The van der Waals surface area contributed by atoms with Crippen LogP contribution in [0, 0.1) is 0 Å². The third kappa shape index (κ3) is 3.86. The molecule has 0 saturated carbocycles. The molecule has 1 aliphatic rings. The molecule has 0 spiro atoms. The maximum absolute atomic E-state index is 12.3. The zero-order valence-corrected chi connectivity index (χ0v) is 15.9. The van der Waals surface area contributed by atoms with Crippen LogP contribution in [0.1, 0.15) is 22.1 Å². The van der Waals surface area contributed by atoms with Gasteiger partial charge in [-0.25, -0.2) is 16.8 Å². The van der Waals surface area contributed by atoms with Gasteiger partial charge in [-0.05, 0) is 29.7 Å². The summed E-state index contributed by atoms with van der Waals surface area (Å²) in [4.78, 5) is 0. The van der Waals surface area contributed by atoms with Crippen molar-refractivity contribution in [2.75, 3.05) is 18.6 Å². The minimum atomic E-state index is -3.76. The lowest BCUT2D eigenvalue weighted by molar-refractivity contribution is 0.284.